The number of rotatable bonds is 6. The zero-order valence-corrected chi connectivity index (χ0v) is 16.0. The number of carbonyl (C=O) groups is 2. The van der Waals surface area contributed by atoms with Gasteiger partial charge in [0.15, 0.2) is 0 Å². The SMILES string of the molecule is CCC[C@H]1CC[C@H](C(=O)Oc2ccc(C(=O)Oc3ccc(F)cc3)cc2)CC1. The van der Waals surface area contributed by atoms with Crippen LogP contribution in [0.2, 0.25) is 0 Å². The first-order valence-corrected chi connectivity index (χ1v) is 9.84. The van der Waals surface area contributed by atoms with Crippen LogP contribution >= 0.6 is 0 Å². The lowest BCUT2D eigenvalue weighted by molar-refractivity contribution is -0.140. The van der Waals surface area contributed by atoms with Gasteiger partial charge in [-0.1, -0.05) is 19.8 Å². The third-order valence-corrected chi connectivity index (χ3v) is 5.21. The van der Waals surface area contributed by atoms with Gasteiger partial charge in [0, 0.05) is 0 Å². The summed E-state index contributed by atoms with van der Waals surface area (Å²) in [7, 11) is 0. The fourth-order valence-corrected chi connectivity index (χ4v) is 3.62. The van der Waals surface area contributed by atoms with Crippen LogP contribution in [0.25, 0.3) is 0 Å². The van der Waals surface area contributed by atoms with E-state index in [1.54, 1.807) is 24.3 Å². The minimum Gasteiger partial charge on any atom is -0.426 e. The molecule has 28 heavy (non-hydrogen) atoms. The molecule has 1 saturated carbocycles. The lowest BCUT2D eigenvalue weighted by Gasteiger charge is -2.26. The molecule has 1 aliphatic carbocycles. The van der Waals surface area contributed by atoms with E-state index in [2.05, 4.69) is 6.92 Å². The van der Waals surface area contributed by atoms with Crippen LogP contribution in [0.15, 0.2) is 48.5 Å². The third-order valence-electron chi connectivity index (χ3n) is 5.21. The van der Waals surface area contributed by atoms with E-state index < -0.39 is 11.8 Å². The predicted molar refractivity (Wildman–Crippen MR) is 104 cm³/mol. The number of carbonyl (C=O) groups excluding carboxylic acids is 2. The highest BCUT2D eigenvalue weighted by molar-refractivity contribution is 5.91. The Morgan fingerprint density at radius 1 is 0.893 bits per heavy atom. The highest BCUT2D eigenvalue weighted by atomic mass is 19.1. The van der Waals surface area contributed by atoms with Crippen LogP contribution in [0, 0.1) is 17.7 Å². The van der Waals surface area contributed by atoms with Crippen molar-refractivity contribution < 1.29 is 23.5 Å². The first-order chi connectivity index (χ1) is 13.5. The molecule has 0 aromatic heterocycles. The van der Waals surface area contributed by atoms with Gasteiger partial charge >= 0.3 is 11.9 Å². The van der Waals surface area contributed by atoms with Crippen molar-refractivity contribution in [2.75, 3.05) is 0 Å². The molecule has 0 radical (unpaired) electrons. The summed E-state index contributed by atoms with van der Waals surface area (Å²) in [4.78, 5) is 24.5. The summed E-state index contributed by atoms with van der Waals surface area (Å²) in [6.07, 6.45) is 6.35. The molecule has 1 fully saturated rings. The van der Waals surface area contributed by atoms with Gasteiger partial charge in [-0.3, -0.25) is 4.79 Å². The smallest absolute Gasteiger partial charge is 0.343 e. The maximum Gasteiger partial charge on any atom is 0.343 e. The second kappa shape index (κ2) is 9.49. The Morgan fingerprint density at radius 2 is 1.46 bits per heavy atom. The topological polar surface area (TPSA) is 52.6 Å². The minimum atomic E-state index is -0.557. The van der Waals surface area contributed by atoms with E-state index in [0.717, 1.165) is 31.6 Å². The van der Waals surface area contributed by atoms with Crippen molar-refractivity contribution in [2.24, 2.45) is 11.8 Å². The second-order valence-corrected chi connectivity index (χ2v) is 7.30. The molecular formula is C23H25FO4. The van der Waals surface area contributed by atoms with Crippen molar-refractivity contribution in [1.82, 2.24) is 0 Å². The molecule has 0 unspecified atom stereocenters. The number of esters is 2. The lowest BCUT2D eigenvalue weighted by Crippen LogP contribution is -2.25. The summed E-state index contributed by atoms with van der Waals surface area (Å²) >= 11 is 0. The third kappa shape index (κ3) is 5.41. The molecule has 148 valence electrons. The van der Waals surface area contributed by atoms with Gasteiger partial charge in [-0.15, -0.1) is 0 Å². The number of benzene rings is 2. The first-order valence-electron chi connectivity index (χ1n) is 9.84. The van der Waals surface area contributed by atoms with Crippen LogP contribution in [-0.2, 0) is 4.79 Å². The van der Waals surface area contributed by atoms with E-state index in [1.165, 1.54) is 37.1 Å². The van der Waals surface area contributed by atoms with Crippen molar-refractivity contribution in [1.29, 1.82) is 0 Å². The molecule has 0 amide bonds. The van der Waals surface area contributed by atoms with Crippen LogP contribution in [0.1, 0.15) is 55.8 Å². The van der Waals surface area contributed by atoms with Crippen LogP contribution in [0.4, 0.5) is 4.39 Å². The number of hydrogen-bond acceptors (Lipinski definition) is 4. The second-order valence-electron chi connectivity index (χ2n) is 7.30. The van der Waals surface area contributed by atoms with Gasteiger partial charge in [0.2, 0.25) is 0 Å². The quantitative estimate of drug-likeness (QED) is 0.483. The van der Waals surface area contributed by atoms with Gasteiger partial charge < -0.3 is 9.47 Å². The Hall–Kier alpha value is -2.69. The van der Waals surface area contributed by atoms with Gasteiger partial charge in [-0.05, 0) is 80.1 Å². The van der Waals surface area contributed by atoms with Crippen molar-refractivity contribution in [3.8, 4) is 11.5 Å². The largest absolute Gasteiger partial charge is 0.426 e. The van der Waals surface area contributed by atoms with Gasteiger partial charge in [-0.25, -0.2) is 9.18 Å². The van der Waals surface area contributed by atoms with Crippen LogP contribution < -0.4 is 9.47 Å². The van der Waals surface area contributed by atoms with E-state index in [1.807, 2.05) is 0 Å². The Kier molecular flexibility index (Phi) is 6.80. The van der Waals surface area contributed by atoms with E-state index in [0.29, 0.717) is 11.3 Å². The fourth-order valence-electron chi connectivity index (χ4n) is 3.62. The fraction of sp³-hybridized carbons (Fsp3) is 0.391. The molecule has 0 spiro atoms. The molecule has 0 atom stereocenters. The molecule has 0 N–H and O–H groups in total. The van der Waals surface area contributed by atoms with Crippen molar-refractivity contribution >= 4 is 11.9 Å². The molecular weight excluding hydrogens is 359 g/mol. The van der Waals surface area contributed by atoms with E-state index >= 15 is 0 Å². The molecule has 3 rings (SSSR count). The molecule has 0 heterocycles. The first kappa shape index (κ1) is 20.1. The van der Waals surface area contributed by atoms with E-state index in [4.69, 9.17) is 9.47 Å². The van der Waals surface area contributed by atoms with Crippen molar-refractivity contribution in [2.45, 2.75) is 45.4 Å². The van der Waals surface area contributed by atoms with Crippen LogP contribution in [0.5, 0.6) is 11.5 Å². The zero-order valence-electron chi connectivity index (χ0n) is 16.0. The standard InChI is InChI=1S/C23H25FO4/c1-2-3-16-4-6-17(7-5-16)22(25)27-20-12-8-18(9-13-20)23(26)28-21-14-10-19(24)11-15-21/h8-17H,2-7H2,1H3/t16-,17-. The molecule has 0 aliphatic heterocycles. The average molecular weight is 384 g/mol. The van der Waals surface area contributed by atoms with Gasteiger partial charge in [0.1, 0.15) is 17.3 Å². The molecule has 1 aliphatic rings. The summed E-state index contributed by atoms with van der Waals surface area (Å²) in [5.41, 5.74) is 0.323. The van der Waals surface area contributed by atoms with E-state index in [9.17, 15) is 14.0 Å². The Balaban J connectivity index is 1.52. The Morgan fingerprint density at radius 3 is 2.07 bits per heavy atom. The highest BCUT2D eigenvalue weighted by Crippen LogP contribution is 2.32. The van der Waals surface area contributed by atoms with Crippen molar-refractivity contribution in [3.05, 3.63) is 59.9 Å². The monoisotopic (exact) mass is 384 g/mol. The summed E-state index contributed by atoms with van der Waals surface area (Å²) in [6.45, 7) is 2.19. The lowest BCUT2D eigenvalue weighted by atomic mass is 9.80. The number of halogens is 1. The van der Waals surface area contributed by atoms with E-state index in [-0.39, 0.29) is 17.6 Å². The number of hydrogen-bond donors (Lipinski definition) is 0. The summed E-state index contributed by atoms with van der Waals surface area (Å²) < 4.78 is 23.6. The zero-order chi connectivity index (χ0) is 19.9. The Bertz CT molecular complexity index is 790. The Labute approximate surface area is 164 Å². The minimum absolute atomic E-state index is 0.0452. The molecule has 4 nitrogen and oxygen atoms in total. The molecule has 2 aromatic carbocycles. The molecule has 5 heteroatoms. The van der Waals surface area contributed by atoms with Gasteiger partial charge in [-0.2, -0.15) is 0 Å². The van der Waals surface area contributed by atoms with Crippen molar-refractivity contribution in [3.63, 3.8) is 0 Å². The molecule has 0 saturated heterocycles. The summed E-state index contributed by atoms with van der Waals surface area (Å²) in [5.74, 6) is 0.219. The summed E-state index contributed by atoms with van der Waals surface area (Å²) in [5, 5.41) is 0. The molecule has 2 aromatic rings. The maximum absolute atomic E-state index is 12.9. The summed E-state index contributed by atoms with van der Waals surface area (Å²) in [6, 6.07) is 11.5. The van der Waals surface area contributed by atoms with Gasteiger partial charge in [0.05, 0.1) is 11.5 Å². The van der Waals surface area contributed by atoms with Gasteiger partial charge in [0.25, 0.3) is 0 Å². The molecule has 0 bridgehead atoms. The predicted octanol–water partition coefficient (Wildman–Crippen LogP) is 5.56. The van der Waals surface area contributed by atoms with Crippen LogP contribution in [0.3, 0.4) is 0 Å². The maximum atomic E-state index is 12.9. The number of ether oxygens (including phenoxy) is 2. The van der Waals surface area contributed by atoms with Crippen LogP contribution in [-0.4, -0.2) is 11.9 Å². The highest BCUT2D eigenvalue weighted by Gasteiger charge is 2.27. The normalized spacial score (nSPS) is 19.1. The average Bonchev–Trinajstić information content (AvgIpc) is 2.71.